The molecule has 1 unspecified atom stereocenters. The van der Waals surface area contributed by atoms with Crippen molar-refractivity contribution in [2.75, 3.05) is 19.8 Å². The molecule has 1 atom stereocenters. The zero-order valence-electron chi connectivity index (χ0n) is 11.2. The van der Waals surface area contributed by atoms with Crippen LogP contribution in [0.3, 0.4) is 0 Å². The van der Waals surface area contributed by atoms with E-state index in [1.54, 1.807) is 6.07 Å². The topological polar surface area (TPSA) is 75.4 Å². The summed E-state index contributed by atoms with van der Waals surface area (Å²) < 4.78 is 27.6. The second-order valence-corrected chi connectivity index (χ2v) is 6.67. The monoisotopic (exact) mass is 271 g/mol. The van der Waals surface area contributed by atoms with Crippen molar-refractivity contribution in [3.63, 3.8) is 0 Å². The Hall–Kier alpha value is -1.11. The summed E-state index contributed by atoms with van der Waals surface area (Å²) >= 11 is 0. The van der Waals surface area contributed by atoms with Crippen LogP contribution >= 0.6 is 0 Å². The Labute approximate surface area is 109 Å². The van der Waals surface area contributed by atoms with Crippen LogP contribution < -0.4 is 10.5 Å². The highest BCUT2D eigenvalue weighted by atomic mass is 32.2. The number of hydrogen-bond donors (Lipinski definition) is 2. The standard InChI is InChI=1S/C12H21N3O2S/c1-9(2)12(14-18(16,17)15(3)4)10-7-5-6-8-11(10)13/h5-9,12,14H,13H2,1-4H3. The Bertz CT molecular complexity index is 498. The van der Waals surface area contributed by atoms with E-state index in [-0.39, 0.29) is 12.0 Å². The third kappa shape index (κ3) is 3.44. The lowest BCUT2D eigenvalue weighted by molar-refractivity contribution is 0.438. The molecule has 1 rings (SSSR count). The Kier molecular flexibility index (Phi) is 4.72. The minimum Gasteiger partial charge on any atom is -0.398 e. The lowest BCUT2D eigenvalue weighted by atomic mass is 9.96. The number of benzene rings is 1. The third-order valence-electron chi connectivity index (χ3n) is 2.75. The van der Waals surface area contributed by atoms with Crippen molar-refractivity contribution in [2.45, 2.75) is 19.9 Å². The van der Waals surface area contributed by atoms with Crippen LogP contribution in [0.25, 0.3) is 0 Å². The van der Waals surface area contributed by atoms with Gasteiger partial charge in [0.25, 0.3) is 10.2 Å². The van der Waals surface area contributed by atoms with Crippen LogP contribution in [0.5, 0.6) is 0 Å². The van der Waals surface area contributed by atoms with Gasteiger partial charge in [0.1, 0.15) is 0 Å². The van der Waals surface area contributed by atoms with E-state index in [1.807, 2.05) is 32.0 Å². The van der Waals surface area contributed by atoms with Gasteiger partial charge in [-0.25, -0.2) is 0 Å². The Morgan fingerprint density at radius 1 is 1.22 bits per heavy atom. The second kappa shape index (κ2) is 5.69. The number of para-hydroxylation sites is 1. The third-order valence-corrected chi connectivity index (χ3v) is 4.27. The highest BCUT2D eigenvalue weighted by molar-refractivity contribution is 7.87. The van der Waals surface area contributed by atoms with Gasteiger partial charge in [0.2, 0.25) is 0 Å². The van der Waals surface area contributed by atoms with Crippen LogP contribution in [0, 0.1) is 5.92 Å². The summed E-state index contributed by atoms with van der Waals surface area (Å²) in [5.74, 6) is 0.101. The minimum absolute atomic E-state index is 0.101. The van der Waals surface area contributed by atoms with Crippen LogP contribution in [0.2, 0.25) is 0 Å². The molecule has 0 saturated heterocycles. The zero-order valence-corrected chi connectivity index (χ0v) is 12.0. The second-order valence-electron chi connectivity index (χ2n) is 4.76. The first-order chi connectivity index (χ1) is 8.25. The molecule has 0 radical (unpaired) electrons. The van der Waals surface area contributed by atoms with Gasteiger partial charge in [0.05, 0.1) is 6.04 Å². The van der Waals surface area contributed by atoms with Crippen molar-refractivity contribution in [3.05, 3.63) is 29.8 Å². The largest absolute Gasteiger partial charge is 0.398 e. The fraction of sp³-hybridized carbons (Fsp3) is 0.500. The molecule has 0 heterocycles. The Morgan fingerprint density at radius 2 is 1.78 bits per heavy atom. The minimum atomic E-state index is -3.48. The predicted molar refractivity (Wildman–Crippen MR) is 74.2 cm³/mol. The van der Waals surface area contributed by atoms with Gasteiger partial charge in [0.15, 0.2) is 0 Å². The molecule has 0 aliphatic rings. The zero-order chi connectivity index (χ0) is 13.9. The number of nitrogens with zero attached hydrogens (tertiary/aromatic N) is 1. The maximum absolute atomic E-state index is 11.9. The van der Waals surface area contributed by atoms with E-state index in [2.05, 4.69) is 4.72 Å². The molecule has 5 nitrogen and oxygen atoms in total. The number of hydrogen-bond acceptors (Lipinski definition) is 3. The summed E-state index contributed by atoms with van der Waals surface area (Å²) in [5.41, 5.74) is 7.30. The number of nitrogens with two attached hydrogens (primary N) is 1. The van der Waals surface area contributed by atoms with Crippen molar-refractivity contribution >= 4 is 15.9 Å². The predicted octanol–water partition coefficient (Wildman–Crippen LogP) is 1.36. The normalized spacial score (nSPS) is 14.1. The summed E-state index contributed by atoms with van der Waals surface area (Å²) in [6, 6.07) is 6.97. The molecule has 102 valence electrons. The summed E-state index contributed by atoms with van der Waals surface area (Å²) in [6.45, 7) is 3.91. The summed E-state index contributed by atoms with van der Waals surface area (Å²) in [4.78, 5) is 0. The first kappa shape index (κ1) is 14.9. The van der Waals surface area contributed by atoms with Crippen molar-refractivity contribution in [1.29, 1.82) is 0 Å². The van der Waals surface area contributed by atoms with Gasteiger partial charge in [-0.3, -0.25) is 0 Å². The van der Waals surface area contributed by atoms with Crippen molar-refractivity contribution in [1.82, 2.24) is 9.03 Å². The van der Waals surface area contributed by atoms with Crippen molar-refractivity contribution in [2.24, 2.45) is 5.92 Å². The van der Waals surface area contributed by atoms with Crippen LogP contribution in [0.1, 0.15) is 25.5 Å². The molecule has 0 aliphatic carbocycles. The number of nitrogen functional groups attached to an aromatic ring is 1. The van der Waals surface area contributed by atoms with Gasteiger partial charge in [0, 0.05) is 19.8 Å². The van der Waals surface area contributed by atoms with E-state index in [1.165, 1.54) is 14.1 Å². The van der Waals surface area contributed by atoms with Gasteiger partial charge >= 0.3 is 0 Å². The molecule has 1 aromatic carbocycles. The van der Waals surface area contributed by atoms with Gasteiger partial charge < -0.3 is 5.73 Å². The first-order valence-electron chi connectivity index (χ1n) is 5.80. The quantitative estimate of drug-likeness (QED) is 0.794. The fourth-order valence-electron chi connectivity index (χ4n) is 1.62. The SMILES string of the molecule is CC(C)C(NS(=O)(=O)N(C)C)c1ccccc1N. The molecule has 0 spiro atoms. The van der Waals surface area contributed by atoms with Gasteiger partial charge in [-0.1, -0.05) is 32.0 Å². The molecule has 0 aliphatic heterocycles. The van der Waals surface area contributed by atoms with Crippen LogP contribution in [0.15, 0.2) is 24.3 Å². The lowest BCUT2D eigenvalue weighted by Crippen LogP contribution is -2.40. The molecule has 0 aromatic heterocycles. The van der Waals surface area contributed by atoms with E-state index in [4.69, 9.17) is 5.73 Å². The Morgan fingerprint density at radius 3 is 2.22 bits per heavy atom. The van der Waals surface area contributed by atoms with Crippen molar-refractivity contribution in [3.8, 4) is 0 Å². The van der Waals surface area contributed by atoms with Gasteiger partial charge in [-0.05, 0) is 17.5 Å². The van der Waals surface area contributed by atoms with E-state index in [0.717, 1.165) is 9.87 Å². The van der Waals surface area contributed by atoms with Crippen LogP contribution in [-0.4, -0.2) is 26.8 Å². The van der Waals surface area contributed by atoms with Crippen LogP contribution in [0.4, 0.5) is 5.69 Å². The Balaban J connectivity index is 3.10. The maximum atomic E-state index is 11.9. The summed E-state index contributed by atoms with van der Waals surface area (Å²) in [6.07, 6.45) is 0. The number of anilines is 1. The molecule has 0 saturated carbocycles. The number of rotatable bonds is 5. The average molecular weight is 271 g/mol. The van der Waals surface area contributed by atoms with E-state index < -0.39 is 10.2 Å². The fourth-order valence-corrected chi connectivity index (χ4v) is 2.55. The molecule has 0 amide bonds. The molecule has 3 N–H and O–H groups in total. The summed E-state index contributed by atoms with van der Waals surface area (Å²) in [5, 5.41) is 0. The van der Waals surface area contributed by atoms with E-state index >= 15 is 0 Å². The number of nitrogens with one attached hydrogen (secondary N) is 1. The highest BCUT2D eigenvalue weighted by Crippen LogP contribution is 2.27. The van der Waals surface area contributed by atoms with Gasteiger partial charge in [-0.15, -0.1) is 0 Å². The molecular weight excluding hydrogens is 250 g/mol. The summed E-state index contributed by atoms with van der Waals surface area (Å²) in [7, 11) is -0.491. The van der Waals surface area contributed by atoms with Crippen LogP contribution in [-0.2, 0) is 10.2 Å². The lowest BCUT2D eigenvalue weighted by Gasteiger charge is -2.25. The van der Waals surface area contributed by atoms with Gasteiger partial charge in [-0.2, -0.15) is 17.4 Å². The highest BCUT2D eigenvalue weighted by Gasteiger charge is 2.25. The van der Waals surface area contributed by atoms with E-state index in [0.29, 0.717) is 5.69 Å². The molecular formula is C12H21N3O2S. The van der Waals surface area contributed by atoms with Crippen molar-refractivity contribution < 1.29 is 8.42 Å². The molecule has 0 bridgehead atoms. The van der Waals surface area contributed by atoms with E-state index in [9.17, 15) is 8.42 Å². The molecule has 18 heavy (non-hydrogen) atoms. The smallest absolute Gasteiger partial charge is 0.279 e. The maximum Gasteiger partial charge on any atom is 0.279 e. The average Bonchev–Trinajstić information content (AvgIpc) is 2.26. The molecule has 1 aromatic rings. The molecule has 6 heteroatoms. The first-order valence-corrected chi connectivity index (χ1v) is 7.24. The molecule has 0 fully saturated rings.